The van der Waals surface area contributed by atoms with Crippen molar-refractivity contribution in [1.29, 1.82) is 0 Å². The summed E-state index contributed by atoms with van der Waals surface area (Å²) in [6.07, 6.45) is 0.627. The lowest BCUT2D eigenvalue weighted by molar-refractivity contribution is 0.101. The van der Waals surface area contributed by atoms with Gasteiger partial charge in [-0.15, -0.1) is 11.3 Å². The van der Waals surface area contributed by atoms with Gasteiger partial charge in [-0.05, 0) is 65.2 Å². The largest absolute Gasteiger partial charge is 0.295 e. The van der Waals surface area contributed by atoms with Gasteiger partial charge in [-0.3, -0.25) is 9.10 Å². The van der Waals surface area contributed by atoms with Gasteiger partial charge in [0.25, 0.3) is 10.0 Å². The van der Waals surface area contributed by atoms with Crippen molar-refractivity contribution in [3.8, 4) is 0 Å². The molecule has 2 heterocycles. The smallest absolute Gasteiger partial charge is 0.273 e. The number of carbonyl (C=O) groups is 1. The molecule has 21 heavy (non-hydrogen) atoms. The van der Waals surface area contributed by atoms with Gasteiger partial charge < -0.3 is 0 Å². The Hall–Kier alpha value is -1.18. The highest BCUT2D eigenvalue weighted by Crippen LogP contribution is 2.36. The number of rotatable bonds is 3. The normalized spacial score (nSPS) is 14.3. The summed E-state index contributed by atoms with van der Waals surface area (Å²) in [5, 5.41) is 0. The maximum absolute atomic E-state index is 12.7. The minimum atomic E-state index is -3.53. The Morgan fingerprint density at radius 1 is 1.29 bits per heavy atom. The van der Waals surface area contributed by atoms with Crippen LogP contribution in [0.5, 0.6) is 0 Å². The Bertz CT molecular complexity index is 826. The summed E-state index contributed by atoms with van der Waals surface area (Å²) in [6.45, 7) is 1.92. The highest BCUT2D eigenvalue weighted by atomic mass is 79.9. The summed E-state index contributed by atoms with van der Waals surface area (Å²) < 4.78 is 27.9. The SMILES string of the molecule is CC(=O)c1ccc2c(c1)CCN2S(=O)(=O)c1ccc(Br)s1. The molecular weight excluding hydrogens is 374 g/mol. The quantitative estimate of drug-likeness (QED) is 0.760. The lowest BCUT2D eigenvalue weighted by Gasteiger charge is -2.18. The van der Waals surface area contributed by atoms with Crippen molar-refractivity contribution in [1.82, 2.24) is 0 Å². The molecule has 3 rings (SSSR count). The van der Waals surface area contributed by atoms with E-state index in [-0.39, 0.29) is 5.78 Å². The van der Waals surface area contributed by atoms with Crippen LogP contribution < -0.4 is 4.31 Å². The number of sulfonamides is 1. The number of hydrogen-bond donors (Lipinski definition) is 0. The first-order valence-electron chi connectivity index (χ1n) is 6.31. The van der Waals surface area contributed by atoms with Crippen LogP contribution in [-0.2, 0) is 16.4 Å². The van der Waals surface area contributed by atoms with Gasteiger partial charge in [-0.2, -0.15) is 0 Å². The summed E-state index contributed by atoms with van der Waals surface area (Å²) in [6, 6.07) is 8.52. The molecule has 0 atom stereocenters. The Morgan fingerprint density at radius 3 is 2.67 bits per heavy atom. The molecule has 0 spiro atoms. The molecule has 0 aliphatic carbocycles. The molecule has 0 unspecified atom stereocenters. The van der Waals surface area contributed by atoms with Crippen molar-refractivity contribution in [3.05, 3.63) is 45.2 Å². The highest BCUT2D eigenvalue weighted by Gasteiger charge is 2.32. The number of fused-ring (bicyclic) bond motifs is 1. The fraction of sp³-hybridized carbons (Fsp3) is 0.214. The Morgan fingerprint density at radius 2 is 2.05 bits per heavy atom. The van der Waals surface area contributed by atoms with Crippen molar-refractivity contribution in [2.75, 3.05) is 10.8 Å². The van der Waals surface area contributed by atoms with Crippen LogP contribution in [-0.4, -0.2) is 20.7 Å². The number of ketones is 1. The number of thiophene rings is 1. The molecule has 0 amide bonds. The maximum atomic E-state index is 12.7. The first kappa shape index (κ1) is 14.7. The molecule has 2 aromatic rings. The molecule has 0 saturated carbocycles. The van der Waals surface area contributed by atoms with Crippen LogP contribution in [0.2, 0.25) is 0 Å². The van der Waals surface area contributed by atoms with Gasteiger partial charge in [0, 0.05) is 12.1 Å². The van der Waals surface area contributed by atoms with E-state index in [1.54, 1.807) is 30.3 Å². The fourth-order valence-electron chi connectivity index (χ4n) is 2.39. The van der Waals surface area contributed by atoms with Crippen LogP contribution >= 0.6 is 27.3 Å². The first-order valence-corrected chi connectivity index (χ1v) is 9.36. The minimum Gasteiger partial charge on any atom is -0.295 e. The molecular formula is C14H12BrNO3S2. The van der Waals surface area contributed by atoms with Crippen LogP contribution in [0.15, 0.2) is 38.3 Å². The zero-order valence-electron chi connectivity index (χ0n) is 11.2. The monoisotopic (exact) mass is 385 g/mol. The Balaban J connectivity index is 2.03. The molecule has 0 radical (unpaired) electrons. The van der Waals surface area contributed by atoms with E-state index in [1.165, 1.54) is 22.6 Å². The summed E-state index contributed by atoms with van der Waals surface area (Å²) >= 11 is 4.49. The summed E-state index contributed by atoms with van der Waals surface area (Å²) in [5.74, 6) is -0.0127. The van der Waals surface area contributed by atoms with E-state index in [2.05, 4.69) is 15.9 Å². The van der Waals surface area contributed by atoms with E-state index in [0.29, 0.717) is 28.4 Å². The van der Waals surface area contributed by atoms with E-state index in [9.17, 15) is 13.2 Å². The molecule has 0 saturated heterocycles. The molecule has 1 aromatic heterocycles. The van der Waals surface area contributed by atoms with E-state index in [1.807, 2.05) is 0 Å². The van der Waals surface area contributed by atoms with Crippen LogP contribution in [0.25, 0.3) is 0 Å². The van der Waals surface area contributed by atoms with Gasteiger partial charge in [0.2, 0.25) is 0 Å². The molecule has 1 aliphatic heterocycles. The van der Waals surface area contributed by atoms with Gasteiger partial charge in [-0.25, -0.2) is 8.42 Å². The van der Waals surface area contributed by atoms with Crippen LogP contribution in [0, 0.1) is 0 Å². The van der Waals surface area contributed by atoms with Gasteiger partial charge in [-0.1, -0.05) is 0 Å². The zero-order chi connectivity index (χ0) is 15.2. The third-order valence-electron chi connectivity index (χ3n) is 3.43. The van der Waals surface area contributed by atoms with Crippen molar-refractivity contribution < 1.29 is 13.2 Å². The molecule has 7 heteroatoms. The average Bonchev–Trinajstić information content (AvgIpc) is 3.04. The predicted octanol–water partition coefficient (Wildman–Crippen LogP) is 3.46. The second kappa shape index (κ2) is 5.23. The Labute approximate surface area is 135 Å². The second-order valence-corrected chi connectivity index (χ2v) is 9.34. The van der Waals surface area contributed by atoms with Gasteiger partial charge in [0.15, 0.2) is 5.78 Å². The minimum absolute atomic E-state index is 0.0127. The zero-order valence-corrected chi connectivity index (χ0v) is 14.4. The number of halogens is 1. The van der Waals surface area contributed by atoms with Crippen LogP contribution in [0.4, 0.5) is 5.69 Å². The third kappa shape index (κ3) is 2.54. The first-order chi connectivity index (χ1) is 9.89. The number of hydrogen-bond acceptors (Lipinski definition) is 4. The van der Waals surface area contributed by atoms with Gasteiger partial charge in [0.1, 0.15) is 4.21 Å². The standard InChI is InChI=1S/C14H12BrNO3S2/c1-9(17)10-2-3-12-11(8-10)6-7-16(12)21(18,19)14-5-4-13(15)20-14/h2-5,8H,6-7H2,1H3. The van der Waals surface area contributed by atoms with Crippen molar-refractivity contribution in [3.63, 3.8) is 0 Å². The van der Waals surface area contributed by atoms with Gasteiger partial charge in [0.05, 0.1) is 9.47 Å². The maximum Gasteiger partial charge on any atom is 0.273 e. The molecule has 1 aliphatic rings. The Kier molecular flexibility index (Phi) is 3.67. The molecule has 0 fully saturated rings. The molecule has 1 aromatic carbocycles. The van der Waals surface area contributed by atoms with E-state index in [0.717, 1.165) is 9.35 Å². The number of carbonyl (C=O) groups excluding carboxylic acids is 1. The van der Waals surface area contributed by atoms with Crippen molar-refractivity contribution in [2.45, 2.75) is 17.6 Å². The number of benzene rings is 1. The summed E-state index contributed by atoms with van der Waals surface area (Å²) in [7, 11) is -3.53. The van der Waals surface area contributed by atoms with Crippen molar-refractivity contribution in [2.24, 2.45) is 0 Å². The van der Waals surface area contributed by atoms with Crippen LogP contribution in [0.3, 0.4) is 0 Å². The third-order valence-corrected chi connectivity index (χ3v) is 7.34. The molecule has 0 bridgehead atoms. The van der Waals surface area contributed by atoms with Gasteiger partial charge >= 0.3 is 0 Å². The van der Waals surface area contributed by atoms with Crippen LogP contribution in [0.1, 0.15) is 22.8 Å². The number of Topliss-reactive ketones (excluding diaryl/α,β-unsaturated/α-hetero) is 1. The van der Waals surface area contributed by atoms with E-state index >= 15 is 0 Å². The number of anilines is 1. The summed E-state index contributed by atoms with van der Waals surface area (Å²) in [4.78, 5) is 11.4. The predicted molar refractivity (Wildman–Crippen MR) is 86.7 cm³/mol. The lowest BCUT2D eigenvalue weighted by Crippen LogP contribution is -2.28. The van der Waals surface area contributed by atoms with E-state index in [4.69, 9.17) is 0 Å². The molecule has 110 valence electrons. The molecule has 4 nitrogen and oxygen atoms in total. The fourth-order valence-corrected chi connectivity index (χ4v) is 6.01. The second-order valence-electron chi connectivity index (χ2n) is 4.79. The summed E-state index contributed by atoms with van der Waals surface area (Å²) in [5.41, 5.74) is 2.19. The average molecular weight is 386 g/mol. The van der Waals surface area contributed by atoms with E-state index < -0.39 is 10.0 Å². The van der Waals surface area contributed by atoms with Crippen molar-refractivity contribution >= 4 is 48.8 Å². The topological polar surface area (TPSA) is 54.5 Å². The molecule has 0 N–H and O–H groups in total. The highest BCUT2D eigenvalue weighted by molar-refractivity contribution is 9.11. The number of nitrogens with zero attached hydrogens (tertiary/aromatic N) is 1. The lowest BCUT2D eigenvalue weighted by atomic mass is 10.1.